The molecule has 0 saturated carbocycles. The molecule has 3 aromatic rings. The van der Waals surface area contributed by atoms with Gasteiger partial charge in [0.15, 0.2) is 5.69 Å². The van der Waals surface area contributed by atoms with Crippen LogP contribution >= 0.6 is 7.71 Å². The minimum absolute atomic E-state index is 0.00758. The Morgan fingerprint density at radius 1 is 1.25 bits per heavy atom. The average Bonchev–Trinajstić information content (AvgIpc) is 3.10. The average molecular weight is 398 g/mol. The van der Waals surface area contributed by atoms with E-state index in [-0.39, 0.29) is 23.5 Å². The normalized spacial score (nSPS) is 14.8. The fourth-order valence-electron chi connectivity index (χ4n) is 2.55. The molecule has 2 aromatic carbocycles. The van der Waals surface area contributed by atoms with Gasteiger partial charge in [-0.05, 0) is 34.6 Å². The van der Waals surface area contributed by atoms with E-state index in [1.807, 2.05) is 0 Å². The molecular weight excluding hydrogens is 384 g/mol. The number of carbonyl (C=O) groups excluding carboxylic acids is 2. The minimum Gasteiger partial charge on any atom is -0.448 e. The van der Waals surface area contributed by atoms with Gasteiger partial charge < -0.3 is 4.74 Å². The summed E-state index contributed by atoms with van der Waals surface area (Å²) < 4.78 is 24.0. The van der Waals surface area contributed by atoms with E-state index < -0.39 is 13.6 Å². The van der Waals surface area contributed by atoms with Crippen LogP contribution in [0.5, 0.6) is 5.75 Å². The number of nitrogens with zero attached hydrogens (tertiary/aromatic N) is 4. The maximum atomic E-state index is 13.0. The van der Waals surface area contributed by atoms with E-state index in [1.54, 1.807) is 36.4 Å². The first kappa shape index (κ1) is 17.9. The third kappa shape index (κ3) is 3.94. The quantitative estimate of drug-likeness (QED) is 0.676. The first-order valence-corrected chi connectivity index (χ1v) is 9.77. The summed E-state index contributed by atoms with van der Waals surface area (Å²) in [6, 6.07) is 13.0. The van der Waals surface area contributed by atoms with E-state index in [0.717, 1.165) is 5.56 Å². The molecule has 2 amide bonds. The van der Waals surface area contributed by atoms with Crippen molar-refractivity contribution in [3.63, 3.8) is 0 Å². The molecule has 2 heterocycles. The number of anilines is 1. The molecule has 0 aliphatic carbocycles. The molecule has 8 nitrogen and oxygen atoms in total. The lowest BCUT2D eigenvalue weighted by Crippen LogP contribution is -2.05. The first-order chi connectivity index (χ1) is 13.6. The Hall–Kier alpha value is -3.45. The van der Waals surface area contributed by atoms with Gasteiger partial charge in [-0.1, -0.05) is 29.5 Å². The van der Waals surface area contributed by atoms with Crippen LogP contribution in [0.2, 0.25) is 0 Å². The summed E-state index contributed by atoms with van der Waals surface area (Å²) in [6.07, 6.45) is 1.45. The molecule has 1 aliphatic rings. The number of halogens is 1. The van der Waals surface area contributed by atoms with Crippen LogP contribution in [0.1, 0.15) is 16.1 Å². The largest absolute Gasteiger partial charge is 0.448 e. The van der Waals surface area contributed by atoms with E-state index in [1.165, 1.54) is 23.0 Å². The van der Waals surface area contributed by atoms with Crippen LogP contribution < -0.4 is 10.1 Å². The molecule has 28 heavy (non-hydrogen) atoms. The Kier molecular flexibility index (Phi) is 4.90. The smallest absolute Gasteiger partial charge is 0.448 e. The fourth-order valence-corrected chi connectivity index (χ4v) is 3.65. The van der Waals surface area contributed by atoms with Crippen LogP contribution in [-0.2, 0) is 6.54 Å². The molecule has 10 heteroatoms. The molecule has 4 rings (SSSR count). The molecule has 0 fully saturated rings. The summed E-state index contributed by atoms with van der Waals surface area (Å²) in [5.41, 5.74) is 1.01. The Morgan fingerprint density at radius 2 is 2.04 bits per heavy atom. The van der Waals surface area contributed by atoms with Gasteiger partial charge in [0.1, 0.15) is 11.6 Å². The third-order valence-corrected chi connectivity index (χ3v) is 5.31. The number of benzene rings is 2. The molecule has 0 spiro atoms. The predicted molar refractivity (Wildman–Crippen MR) is 100 cm³/mol. The Labute approximate surface area is 159 Å². The Morgan fingerprint density at radius 3 is 2.86 bits per heavy atom. The molecule has 1 aromatic heterocycles. The van der Waals surface area contributed by atoms with Gasteiger partial charge >= 0.3 is 19.3 Å². The van der Waals surface area contributed by atoms with Crippen molar-refractivity contribution < 1.29 is 18.7 Å². The molecule has 1 aliphatic heterocycles. The van der Waals surface area contributed by atoms with Crippen LogP contribution in [-0.4, -0.2) is 32.9 Å². The van der Waals surface area contributed by atoms with E-state index in [9.17, 15) is 14.0 Å². The van der Waals surface area contributed by atoms with Crippen molar-refractivity contribution in [2.24, 2.45) is 4.74 Å². The van der Waals surface area contributed by atoms with Gasteiger partial charge in [0, 0.05) is 0 Å². The zero-order valence-electron chi connectivity index (χ0n) is 14.4. The van der Waals surface area contributed by atoms with E-state index in [4.69, 9.17) is 4.74 Å². The Bertz CT molecular complexity index is 1080. The SMILES string of the molecule is O=C(N=[P+]1COc2ccccc2NC1=O)c1cn(Cc2ccc(F)cc2)nn1. The van der Waals surface area contributed by atoms with Gasteiger partial charge in [0.2, 0.25) is 0 Å². The van der Waals surface area contributed by atoms with Crippen molar-refractivity contribution >= 4 is 25.0 Å². The Balaban J connectivity index is 1.48. The van der Waals surface area contributed by atoms with Crippen molar-refractivity contribution in [2.75, 3.05) is 11.7 Å². The maximum Gasteiger partial charge on any atom is 0.448 e. The molecule has 1 unspecified atom stereocenters. The number of fused-ring (bicyclic) bond motifs is 1. The highest BCUT2D eigenvalue weighted by Crippen LogP contribution is 2.37. The van der Waals surface area contributed by atoms with Gasteiger partial charge in [0.25, 0.3) is 6.35 Å². The molecule has 140 valence electrons. The van der Waals surface area contributed by atoms with Crippen LogP contribution in [0.3, 0.4) is 0 Å². The summed E-state index contributed by atoms with van der Waals surface area (Å²) in [4.78, 5) is 24.7. The van der Waals surface area contributed by atoms with Crippen LogP contribution in [0.4, 0.5) is 14.9 Å². The third-order valence-electron chi connectivity index (χ3n) is 3.93. The standard InChI is InChI=1S/C18H13FN5O3P/c19-13-7-5-12(6-8-13)9-24-10-15(21-23-24)17(25)22-28-11-27-16-4-2-1-3-14(16)20-18(28)26/h1-8,10H,9,11H2/p+1. The minimum atomic E-state index is -1.73. The lowest BCUT2D eigenvalue weighted by atomic mass is 10.2. The number of aromatic nitrogens is 3. The summed E-state index contributed by atoms with van der Waals surface area (Å²) >= 11 is 0. The van der Waals surface area contributed by atoms with Gasteiger partial charge in [0.05, 0.1) is 18.4 Å². The summed E-state index contributed by atoms with van der Waals surface area (Å²) in [7, 11) is -1.73. The van der Waals surface area contributed by atoms with Gasteiger partial charge in [-0.25, -0.2) is 13.9 Å². The number of carbonyl (C=O) groups is 2. The predicted octanol–water partition coefficient (Wildman–Crippen LogP) is 3.85. The second-order valence-electron chi connectivity index (χ2n) is 5.93. The number of ether oxygens (including phenoxy) is 1. The van der Waals surface area contributed by atoms with Crippen molar-refractivity contribution in [3.8, 4) is 5.75 Å². The summed E-state index contributed by atoms with van der Waals surface area (Å²) in [5, 5.41) is 10.4. The molecule has 1 N–H and O–H groups in total. The summed E-state index contributed by atoms with van der Waals surface area (Å²) in [5.74, 6) is -0.430. The number of nitrogens with one attached hydrogen (secondary N) is 1. The molecule has 0 saturated heterocycles. The maximum absolute atomic E-state index is 13.0. The van der Waals surface area contributed by atoms with Crippen molar-refractivity contribution in [2.45, 2.75) is 6.54 Å². The zero-order valence-corrected chi connectivity index (χ0v) is 15.3. The number of hydrogen-bond acceptors (Lipinski definition) is 5. The second kappa shape index (κ2) is 7.66. The lowest BCUT2D eigenvalue weighted by Gasteiger charge is -2.01. The van der Waals surface area contributed by atoms with Crippen LogP contribution in [0.15, 0.2) is 59.5 Å². The highest BCUT2D eigenvalue weighted by atomic mass is 31.1. The van der Waals surface area contributed by atoms with E-state index in [0.29, 0.717) is 18.0 Å². The van der Waals surface area contributed by atoms with Crippen molar-refractivity contribution in [1.29, 1.82) is 0 Å². The molecule has 1 atom stereocenters. The number of rotatable bonds is 3. The van der Waals surface area contributed by atoms with E-state index in [2.05, 4.69) is 20.4 Å². The highest BCUT2D eigenvalue weighted by Gasteiger charge is 2.33. The van der Waals surface area contributed by atoms with Crippen LogP contribution in [0, 0.1) is 5.82 Å². The topological polar surface area (TPSA) is 98.5 Å². The molecule has 0 radical (unpaired) electrons. The van der Waals surface area contributed by atoms with Gasteiger partial charge in [-0.3, -0.25) is 10.1 Å². The van der Waals surface area contributed by atoms with Gasteiger partial charge in [-0.2, -0.15) is 0 Å². The number of para-hydroxylation sites is 2. The fraction of sp³-hybridized carbons (Fsp3) is 0.111. The lowest BCUT2D eigenvalue weighted by molar-refractivity contribution is 0.1000. The zero-order chi connectivity index (χ0) is 19.5. The second-order valence-corrected chi connectivity index (χ2v) is 7.60. The highest BCUT2D eigenvalue weighted by molar-refractivity contribution is 7.66. The van der Waals surface area contributed by atoms with Gasteiger partial charge in [-0.15, -0.1) is 5.10 Å². The molecular formula is C18H14FN5O3P+. The first-order valence-electron chi connectivity index (χ1n) is 8.29. The number of hydrogen-bond donors (Lipinski definition) is 1. The molecule has 0 bridgehead atoms. The van der Waals surface area contributed by atoms with Crippen molar-refractivity contribution in [3.05, 3.63) is 71.8 Å². The van der Waals surface area contributed by atoms with E-state index >= 15 is 0 Å². The summed E-state index contributed by atoms with van der Waals surface area (Å²) in [6.45, 7) is 0.328. The van der Waals surface area contributed by atoms with Crippen LogP contribution in [0.25, 0.3) is 0 Å². The monoisotopic (exact) mass is 398 g/mol. The number of amides is 2. The van der Waals surface area contributed by atoms with Crippen molar-refractivity contribution in [1.82, 2.24) is 15.0 Å².